The third-order valence-electron chi connectivity index (χ3n) is 7.17. The smallest absolute Gasteiger partial charge is 0.265 e. The number of sulfonamides is 1. The summed E-state index contributed by atoms with van der Waals surface area (Å²) in [6.45, 7) is 0. The summed E-state index contributed by atoms with van der Waals surface area (Å²) in [5, 5.41) is 11.4. The third-order valence-corrected chi connectivity index (χ3v) is 9.07. The molecule has 7 nitrogen and oxygen atoms in total. The van der Waals surface area contributed by atoms with E-state index in [-0.39, 0.29) is 27.4 Å². The van der Waals surface area contributed by atoms with Crippen LogP contribution in [0.5, 0.6) is 5.88 Å². The van der Waals surface area contributed by atoms with Crippen molar-refractivity contribution in [1.82, 2.24) is 8.87 Å². The predicted molar refractivity (Wildman–Crippen MR) is 141 cm³/mol. The van der Waals surface area contributed by atoms with Crippen LogP contribution in [0.25, 0.3) is 10.9 Å². The number of carbonyl (C=O) groups excluding carboxylic acids is 2. The molecular weight excluding hydrogens is 488 g/mol. The van der Waals surface area contributed by atoms with Crippen LogP contribution in [0.4, 0.5) is 0 Å². The van der Waals surface area contributed by atoms with Crippen LogP contribution in [0.1, 0.15) is 58.4 Å². The van der Waals surface area contributed by atoms with Crippen LogP contribution in [0.15, 0.2) is 83.8 Å². The minimum Gasteiger partial charge on any atom is -0.494 e. The van der Waals surface area contributed by atoms with Crippen LogP contribution < -0.4 is 0 Å². The van der Waals surface area contributed by atoms with Gasteiger partial charge in [-0.3, -0.25) is 9.59 Å². The van der Waals surface area contributed by atoms with E-state index >= 15 is 0 Å². The molecular formula is C29H28N2O5S. The van der Waals surface area contributed by atoms with E-state index < -0.39 is 27.6 Å². The highest BCUT2D eigenvalue weighted by atomic mass is 32.2. The zero-order valence-electron chi connectivity index (χ0n) is 20.5. The third kappa shape index (κ3) is 4.47. The van der Waals surface area contributed by atoms with E-state index in [0.29, 0.717) is 11.1 Å². The number of nitrogens with zero attached hydrogens (tertiary/aromatic N) is 2. The monoisotopic (exact) mass is 516 g/mol. The number of fused-ring (bicyclic) bond motifs is 1. The van der Waals surface area contributed by atoms with E-state index in [2.05, 4.69) is 0 Å². The lowest BCUT2D eigenvalue weighted by molar-refractivity contribution is 0.0956. The fourth-order valence-corrected chi connectivity index (χ4v) is 6.54. The lowest BCUT2D eigenvalue weighted by Gasteiger charge is -2.30. The summed E-state index contributed by atoms with van der Waals surface area (Å²) in [5.74, 6) is -1.55. The van der Waals surface area contributed by atoms with Gasteiger partial charge in [0.2, 0.25) is 15.9 Å². The van der Waals surface area contributed by atoms with Gasteiger partial charge in [0.05, 0.1) is 16.0 Å². The summed E-state index contributed by atoms with van der Waals surface area (Å²) in [7, 11) is -2.28. The van der Waals surface area contributed by atoms with Crippen molar-refractivity contribution in [2.75, 3.05) is 7.05 Å². The first-order valence-corrected chi connectivity index (χ1v) is 13.8. The molecule has 0 unspecified atom stereocenters. The van der Waals surface area contributed by atoms with Crippen molar-refractivity contribution < 1.29 is 23.1 Å². The normalized spacial score (nSPS) is 14.8. The Balaban J connectivity index is 1.69. The van der Waals surface area contributed by atoms with Crippen LogP contribution in [0.3, 0.4) is 0 Å². The molecule has 0 atom stereocenters. The number of ketones is 1. The summed E-state index contributed by atoms with van der Waals surface area (Å²) in [6.07, 6.45) is 4.68. The highest BCUT2D eigenvalue weighted by Gasteiger charge is 2.32. The molecule has 0 saturated heterocycles. The maximum atomic E-state index is 13.6. The molecule has 4 aromatic rings. The van der Waals surface area contributed by atoms with Crippen molar-refractivity contribution in [2.24, 2.45) is 0 Å². The fraction of sp³-hybridized carbons (Fsp3) is 0.241. The van der Waals surface area contributed by atoms with Gasteiger partial charge < -0.3 is 5.11 Å². The Hall–Kier alpha value is -3.75. The molecule has 0 aliphatic heterocycles. The number of carbonyl (C=O) groups is 2. The Labute approximate surface area is 216 Å². The van der Waals surface area contributed by atoms with Crippen LogP contribution in [-0.4, -0.2) is 47.2 Å². The van der Waals surface area contributed by atoms with Crippen molar-refractivity contribution in [2.45, 2.75) is 43.0 Å². The van der Waals surface area contributed by atoms with Crippen LogP contribution in [-0.2, 0) is 10.0 Å². The molecule has 1 saturated carbocycles. The molecule has 1 aromatic heterocycles. The van der Waals surface area contributed by atoms with Gasteiger partial charge in [-0.2, -0.15) is 4.31 Å². The van der Waals surface area contributed by atoms with Gasteiger partial charge in [0.15, 0.2) is 5.78 Å². The molecule has 0 spiro atoms. The number of aromatic nitrogens is 1. The molecule has 0 bridgehead atoms. The summed E-state index contributed by atoms with van der Waals surface area (Å²) in [4.78, 5) is 27.0. The Kier molecular flexibility index (Phi) is 6.70. The number of aromatic hydroxyl groups is 1. The molecule has 1 heterocycles. The molecule has 3 aromatic carbocycles. The van der Waals surface area contributed by atoms with Gasteiger partial charge >= 0.3 is 0 Å². The molecule has 190 valence electrons. The SMILES string of the molecule is CN(C1CCCCC1)S(=O)(=O)c1ccc2c(c1)c(C(=O)c1ccccc1)c(O)n2C(=O)c1ccccc1. The first kappa shape index (κ1) is 24.9. The van der Waals surface area contributed by atoms with Crippen molar-refractivity contribution in [3.8, 4) is 5.88 Å². The highest BCUT2D eigenvalue weighted by molar-refractivity contribution is 7.89. The van der Waals surface area contributed by atoms with Crippen LogP contribution >= 0.6 is 0 Å². The van der Waals surface area contributed by atoms with Gasteiger partial charge in [-0.15, -0.1) is 0 Å². The zero-order valence-corrected chi connectivity index (χ0v) is 21.3. The summed E-state index contributed by atoms with van der Waals surface area (Å²) in [6, 6.07) is 21.0. The molecule has 1 N–H and O–H groups in total. The minimum atomic E-state index is -3.87. The Bertz CT molecular complexity index is 1570. The molecule has 0 amide bonds. The van der Waals surface area contributed by atoms with E-state index in [0.717, 1.165) is 36.7 Å². The fourth-order valence-electron chi connectivity index (χ4n) is 5.10. The van der Waals surface area contributed by atoms with Crippen molar-refractivity contribution in [3.63, 3.8) is 0 Å². The second kappa shape index (κ2) is 9.95. The molecule has 1 aliphatic rings. The summed E-state index contributed by atoms with van der Waals surface area (Å²) < 4.78 is 29.6. The van der Waals surface area contributed by atoms with Gasteiger partial charge in [0.25, 0.3) is 5.91 Å². The second-order valence-electron chi connectivity index (χ2n) is 9.39. The first-order chi connectivity index (χ1) is 17.8. The van der Waals surface area contributed by atoms with Crippen molar-refractivity contribution >= 4 is 32.6 Å². The minimum absolute atomic E-state index is 0.0134. The lowest BCUT2D eigenvalue weighted by Crippen LogP contribution is -2.38. The number of benzene rings is 3. The average Bonchev–Trinajstić information content (AvgIpc) is 3.24. The standard InChI is InChI=1S/C29H28N2O5S/c1-30(22-15-9-4-10-16-22)37(35,36)23-17-18-25-24(19-23)26(27(32)20-11-5-2-6-12-20)29(34)31(25)28(33)21-13-7-3-8-14-21/h2-3,5-8,11-14,17-19,22,34H,4,9-10,15-16H2,1H3. The maximum Gasteiger partial charge on any atom is 0.265 e. The molecule has 37 heavy (non-hydrogen) atoms. The predicted octanol–water partition coefficient (Wildman–Crippen LogP) is 5.22. The lowest BCUT2D eigenvalue weighted by atomic mass is 9.96. The Morgan fingerprint density at radius 1 is 0.865 bits per heavy atom. The van der Waals surface area contributed by atoms with Gasteiger partial charge in [-0.05, 0) is 43.2 Å². The van der Waals surface area contributed by atoms with Gasteiger partial charge in [-0.25, -0.2) is 13.0 Å². The quantitative estimate of drug-likeness (QED) is 0.355. The molecule has 5 rings (SSSR count). The van der Waals surface area contributed by atoms with Gasteiger partial charge in [0, 0.05) is 29.6 Å². The van der Waals surface area contributed by atoms with Gasteiger partial charge in [0.1, 0.15) is 0 Å². The second-order valence-corrected chi connectivity index (χ2v) is 11.4. The first-order valence-electron chi connectivity index (χ1n) is 12.4. The van der Waals surface area contributed by atoms with E-state index in [1.807, 2.05) is 0 Å². The Morgan fingerprint density at radius 2 is 1.46 bits per heavy atom. The topological polar surface area (TPSA) is 96.7 Å². The zero-order chi connectivity index (χ0) is 26.2. The summed E-state index contributed by atoms with van der Waals surface area (Å²) >= 11 is 0. The van der Waals surface area contributed by atoms with Crippen LogP contribution in [0, 0.1) is 0 Å². The van der Waals surface area contributed by atoms with E-state index in [4.69, 9.17) is 0 Å². The number of hydrogen-bond donors (Lipinski definition) is 1. The molecule has 1 aliphatic carbocycles. The van der Waals surface area contributed by atoms with E-state index in [1.54, 1.807) is 67.7 Å². The largest absolute Gasteiger partial charge is 0.494 e. The average molecular weight is 517 g/mol. The van der Waals surface area contributed by atoms with Gasteiger partial charge in [-0.1, -0.05) is 67.8 Å². The van der Waals surface area contributed by atoms with Crippen LogP contribution in [0.2, 0.25) is 0 Å². The highest BCUT2D eigenvalue weighted by Crippen LogP contribution is 2.36. The Morgan fingerprint density at radius 3 is 2.08 bits per heavy atom. The van der Waals surface area contributed by atoms with E-state index in [9.17, 15) is 23.1 Å². The number of hydrogen-bond acceptors (Lipinski definition) is 5. The number of rotatable bonds is 6. The van der Waals surface area contributed by atoms with Crippen molar-refractivity contribution in [3.05, 3.63) is 95.6 Å². The molecule has 0 radical (unpaired) electrons. The molecule has 1 fully saturated rings. The van der Waals surface area contributed by atoms with E-state index in [1.165, 1.54) is 22.5 Å². The van der Waals surface area contributed by atoms with Crippen molar-refractivity contribution in [1.29, 1.82) is 0 Å². The molecule has 8 heteroatoms. The summed E-state index contributed by atoms with van der Waals surface area (Å²) in [5.41, 5.74) is 0.784. The maximum absolute atomic E-state index is 13.6.